The summed E-state index contributed by atoms with van der Waals surface area (Å²) in [7, 11) is 2.31. The molecule has 0 saturated carbocycles. The van der Waals surface area contributed by atoms with E-state index in [0.717, 1.165) is 17.9 Å². The average Bonchev–Trinajstić information content (AvgIpc) is 2.38. The van der Waals surface area contributed by atoms with Crippen LogP contribution in [0.3, 0.4) is 0 Å². The van der Waals surface area contributed by atoms with Crippen LogP contribution in [-0.2, 0) is 0 Å². The first kappa shape index (κ1) is 13.8. The second kappa shape index (κ2) is 6.08. The highest BCUT2D eigenvalue weighted by molar-refractivity contribution is 4.99. The van der Waals surface area contributed by atoms with Crippen molar-refractivity contribution in [3.05, 3.63) is 0 Å². The fraction of sp³-hybridized carbons (Fsp3) is 1.00. The molecule has 4 nitrogen and oxygen atoms in total. The summed E-state index contributed by atoms with van der Waals surface area (Å²) >= 11 is 0. The van der Waals surface area contributed by atoms with Crippen LogP contribution in [0.1, 0.15) is 13.3 Å². The Labute approximate surface area is 118 Å². The highest BCUT2D eigenvalue weighted by atomic mass is 15.3. The Morgan fingerprint density at radius 1 is 1.00 bits per heavy atom. The van der Waals surface area contributed by atoms with Gasteiger partial charge in [0.2, 0.25) is 0 Å². The Balaban J connectivity index is 1.70. The van der Waals surface area contributed by atoms with Gasteiger partial charge < -0.3 is 15.1 Å². The van der Waals surface area contributed by atoms with Crippen LogP contribution in [0.25, 0.3) is 0 Å². The van der Waals surface area contributed by atoms with Crippen molar-refractivity contribution in [3.63, 3.8) is 0 Å². The zero-order chi connectivity index (χ0) is 13.2. The number of piperazine rings is 1. The fourth-order valence-corrected chi connectivity index (χ4v) is 4.62. The molecule has 0 aromatic carbocycles. The van der Waals surface area contributed by atoms with Gasteiger partial charge in [0.05, 0.1) is 0 Å². The minimum Gasteiger partial charge on any atom is -0.314 e. The minimum absolute atomic E-state index is 0.853. The summed E-state index contributed by atoms with van der Waals surface area (Å²) in [6, 6.07) is 0.853. The molecule has 3 saturated heterocycles. The smallest absolute Gasteiger partial charge is 0.0202 e. The van der Waals surface area contributed by atoms with E-state index in [9.17, 15) is 0 Å². The molecule has 2 atom stereocenters. The number of nitrogens with one attached hydrogen (secondary N) is 1. The standard InChI is InChI=1S/C15H30N4/c1-3-6-18-11-13-9-17(2)10-14(12-18)15(13)19-7-4-16-5-8-19/h13-16H,3-12H2,1-2H3. The van der Waals surface area contributed by atoms with Gasteiger partial charge >= 0.3 is 0 Å². The Morgan fingerprint density at radius 2 is 1.63 bits per heavy atom. The molecule has 0 aromatic heterocycles. The predicted octanol–water partition coefficient (Wildman–Crippen LogP) is 0.164. The topological polar surface area (TPSA) is 21.8 Å². The maximum absolute atomic E-state index is 3.49. The van der Waals surface area contributed by atoms with E-state index >= 15 is 0 Å². The van der Waals surface area contributed by atoms with Gasteiger partial charge in [-0.3, -0.25) is 4.90 Å². The Bertz CT molecular complexity index is 274. The third kappa shape index (κ3) is 2.97. The van der Waals surface area contributed by atoms with E-state index < -0.39 is 0 Å². The van der Waals surface area contributed by atoms with Gasteiger partial charge in [-0.25, -0.2) is 0 Å². The van der Waals surface area contributed by atoms with Crippen molar-refractivity contribution >= 4 is 0 Å². The third-order valence-corrected chi connectivity index (χ3v) is 5.16. The molecular formula is C15H30N4. The number of likely N-dealkylation sites (tertiary alicyclic amines) is 2. The Kier molecular flexibility index (Phi) is 4.42. The molecular weight excluding hydrogens is 236 g/mol. The van der Waals surface area contributed by atoms with Crippen molar-refractivity contribution in [3.8, 4) is 0 Å². The van der Waals surface area contributed by atoms with Gasteiger partial charge in [-0.15, -0.1) is 0 Å². The van der Waals surface area contributed by atoms with Gasteiger partial charge in [0.25, 0.3) is 0 Å². The molecule has 0 amide bonds. The van der Waals surface area contributed by atoms with Crippen molar-refractivity contribution in [1.29, 1.82) is 0 Å². The van der Waals surface area contributed by atoms with Crippen LogP contribution in [-0.4, -0.2) is 86.7 Å². The van der Waals surface area contributed by atoms with Crippen LogP contribution in [0.2, 0.25) is 0 Å². The molecule has 2 bridgehead atoms. The summed E-state index contributed by atoms with van der Waals surface area (Å²) in [6.45, 7) is 13.7. The Morgan fingerprint density at radius 3 is 2.21 bits per heavy atom. The van der Waals surface area contributed by atoms with E-state index in [0.29, 0.717) is 0 Å². The number of piperidine rings is 2. The summed E-state index contributed by atoms with van der Waals surface area (Å²) in [5.41, 5.74) is 0. The third-order valence-electron chi connectivity index (χ3n) is 5.16. The van der Waals surface area contributed by atoms with Crippen molar-refractivity contribution in [2.75, 3.05) is 66.0 Å². The number of hydrogen-bond acceptors (Lipinski definition) is 4. The highest BCUT2D eigenvalue weighted by Crippen LogP contribution is 2.32. The zero-order valence-electron chi connectivity index (χ0n) is 12.6. The van der Waals surface area contributed by atoms with Crippen molar-refractivity contribution < 1.29 is 0 Å². The quantitative estimate of drug-likeness (QED) is 0.786. The van der Waals surface area contributed by atoms with E-state index in [1.54, 1.807) is 0 Å². The highest BCUT2D eigenvalue weighted by Gasteiger charge is 2.43. The van der Waals surface area contributed by atoms with E-state index in [1.807, 2.05) is 0 Å². The van der Waals surface area contributed by atoms with E-state index in [4.69, 9.17) is 0 Å². The van der Waals surface area contributed by atoms with Crippen LogP contribution >= 0.6 is 0 Å². The number of fused-ring (bicyclic) bond motifs is 2. The van der Waals surface area contributed by atoms with Crippen LogP contribution in [0.15, 0.2) is 0 Å². The SMILES string of the molecule is CCCN1CC2CN(C)CC(C1)C2N1CCNCC1. The summed E-state index contributed by atoms with van der Waals surface area (Å²) in [6.07, 6.45) is 1.30. The van der Waals surface area contributed by atoms with Gasteiger partial charge in [0.15, 0.2) is 0 Å². The first-order valence-corrected chi connectivity index (χ1v) is 8.13. The number of rotatable bonds is 3. The molecule has 2 unspecified atom stereocenters. The molecule has 4 heteroatoms. The minimum atomic E-state index is 0.853. The lowest BCUT2D eigenvalue weighted by molar-refractivity contribution is -0.0481. The van der Waals surface area contributed by atoms with Crippen molar-refractivity contribution in [2.24, 2.45) is 11.8 Å². The summed E-state index contributed by atoms with van der Waals surface area (Å²) in [5.74, 6) is 1.73. The summed E-state index contributed by atoms with van der Waals surface area (Å²) in [5, 5.41) is 3.49. The molecule has 0 spiro atoms. The molecule has 3 aliphatic heterocycles. The van der Waals surface area contributed by atoms with E-state index in [1.165, 1.54) is 65.3 Å². The van der Waals surface area contributed by atoms with Crippen LogP contribution in [0.4, 0.5) is 0 Å². The largest absolute Gasteiger partial charge is 0.314 e. The van der Waals surface area contributed by atoms with Gasteiger partial charge in [-0.1, -0.05) is 6.92 Å². The van der Waals surface area contributed by atoms with Crippen LogP contribution in [0, 0.1) is 11.8 Å². The summed E-state index contributed by atoms with van der Waals surface area (Å²) in [4.78, 5) is 8.08. The van der Waals surface area contributed by atoms with E-state index in [2.05, 4.69) is 34.0 Å². The number of nitrogens with zero attached hydrogens (tertiary/aromatic N) is 3. The second-order valence-corrected chi connectivity index (χ2v) is 6.78. The lowest BCUT2D eigenvalue weighted by atomic mass is 9.78. The predicted molar refractivity (Wildman–Crippen MR) is 79.4 cm³/mol. The van der Waals surface area contributed by atoms with Gasteiger partial charge in [0, 0.05) is 70.2 Å². The zero-order valence-corrected chi connectivity index (χ0v) is 12.6. The first-order chi connectivity index (χ1) is 9.28. The van der Waals surface area contributed by atoms with Crippen molar-refractivity contribution in [2.45, 2.75) is 19.4 Å². The van der Waals surface area contributed by atoms with Crippen LogP contribution in [0.5, 0.6) is 0 Å². The maximum atomic E-state index is 3.49. The molecule has 0 aliphatic carbocycles. The normalized spacial score (nSPS) is 38.5. The van der Waals surface area contributed by atoms with Gasteiger partial charge in [-0.2, -0.15) is 0 Å². The van der Waals surface area contributed by atoms with Crippen LogP contribution < -0.4 is 5.32 Å². The molecule has 3 fully saturated rings. The first-order valence-electron chi connectivity index (χ1n) is 8.13. The molecule has 3 heterocycles. The maximum Gasteiger partial charge on any atom is 0.0202 e. The molecule has 19 heavy (non-hydrogen) atoms. The lowest BCUT2D eigenvalue weighted by Gasteiger charge is -2.54. The Hall–Kier alpha value is -0.160. The summed E-state index contributed by atoms with van der Waals surface area (Å²) < 4.78 is 0. The van der Waals surface area contributed by atoms with Gasteiger partial charge in [0.1, 0.15) is 0 Å². The molecule has 0 aromatic rings. The number of hydrogen-bond donors (Lipinski definition) is 1. The van der Waals surface area contributed by atoms with E-state index in [-0.39, 0.29) is 0 Å². The molecule has 3 rings (SSSR count). The average molecular weight is 266 g/mol. The molecule has 110 valence electrons. The molecule has 1 N–H and O–H groups in total. The monoisotopic (exact) mass is 266 g/mol. The van der Waals surface area contributed by atoms with Gasteiger partial charge in [-0.05, 0) is 20.0 Å². The second-order valence-electron chi connectivity index (χ2n) is 6.78. The van der Waals surface area contributed by atoms with Crippen molar-refractivity contribution in [1.82, 2.24) is 20.0 Å². The lowest BCUT2D eigenvalue weighted by Crippen LogP contribution is -2.66. The molecule has 0 radical (unpaired) electrons. The fourth-order valence-electron chi connectivity index (χ4n) is 4.62. The molecule has 3 aliphatic rings.